The van der Waals surface area contributed by atoms with Crippen LogP contribution in [-0.2, 0) is 9.59 Å². The van der Waals surface area contributed by atoms with Crippen molar-refractivity contribution in [2.75, 3.05) is 18.0 Å². The first-order chi connectivity index (χ1) is 16.8. The molecule has 4 rings (SSSR count). The molecule has 0 saturated carbocycles. The van der Waals surface area contributed by atoms with Crippen molar-refractivity contribution in [1.29, 1.82) is 0 Å². The number of hydrogen-bond donors (Lipinski definition) is 1. The van der Waals surface area contributed by atoms with Gasteiger partial charge in [-0.3, -0.25) is 4.79 Å². The molecule has 0 aliphatic carbocycles. The maximum Gasteiger partial charge on any atom is 0.331 e. The third-order valence-corrected chi connectivity index (χ3v) is 6.98. The summed E-state index contributed by atoms with van der Waals surface area (Å²) in [6.07, 6.45) is -0.789. The van der Waals surface area contributed by atoms with Crippen molar-refractivity contribution in [2.24, 2.45) is 5.92 Å². The molecule has 0 fully saturated rings. The number of rotatable bonds is 7. The van der Waals surface area contributed by atoms with Gasteiger partial charge in [-0.25, -0.2) is 4.79 Å². The van der Waals surface area contributed by atoms with Gasteiger partial charge in [0.25, 0.3) is 5.91 Å². The van der Waals surface area contributed by atoms with Gasteiger partial charge in [-0.15, -0.1) is 0 Å². The number of amides is 1. The van der Waals surface area contributed by atoms with Crippen molar-refractivity contribution >= 4 is 28.3 Å². The van der Waals surface area contributed by atoms with Crippen LogP contribution < -0.4 is 9.64 Å². The highest BCUT2D eigenvalue weighted by atomic mass is 16.5. The Kier molecular flexibility index (Phi) is 7.01. The van der Waals surface area contributed by atoms with E-state index in [-0.39, 0.29) is 11.8 Å². The van der Waals surface area contributed by atoms with E-state index in [0.29, 0.717) is 11.3 Å². The van der Waals surface area contributed by atoms with Crippen molar-refractivity contribution in [3.8, 4) is 5.75 Å². The molecule has 3 aromatic rings. The van der Waals surface area contributed by atoms with Crippen molar-refractivity contribution in [3.05, 3.63) is 71.8 Å². The topological polar surface area (TPSA) is 70.1 Å². The molecule has 1 aliphatic rings. The lowest BCUT2D eigenvalue weighted by Crippen LogP contribution is -2.47. The zero-order valence-electron chi connectivity index (χ0n) is 21.1. The smallest absolute Gasteiger partial charge is 0.331 e. The summed E-state index contributed by atoms with van der Waals surface area (Å²) in [5, 5.41) is 12.5. The van der Waals surface area contributed by atoms with Gasteiger partial charge in [0.1, 0.15) is 5.75 Å². The highest BCUT2D eigenvalue weighted by Gasteiger charge is 2.44. The van der Waals surface area contributed by atoms with Gasteiger partial charge in [-0.1, -0.05) is 62.4 Å². The first-order valence-electron chi connectivity index (χ1n) is 12.4. The molecule has 6 heteroatoms. The maximum atomic E-state index is 14.0. The number of anilines is 1. The molecule has 3 unspecified atom stereocenters. The zero-order chi connectivity index (χ0) is 25.3. The second-order valence-electron chi connectivity index (χ2n) is 9.41. The van der Waals surface area contributed by atoms with Gasteiger partial charge in [0.2, 0.25) is 0 Å². The molecule has 0 aromatic heterocycles. The van der Waals surface area contributed by atoms with Crippen LogP contribution in [0.4, 0.5) is 5.69 Å². The van der Waals surface area contributed by atoms with Crippen molar-refractivity contribution in [3.63, 3.8) is 0 Å². The third-order valence-electron chi connectivity index (χ3n) is 6.98. The van der Waals surface area contributed by atoms with E-state index in [1.165, 1.54) is 4.90 Å². The molecule has 3 atom stereocenters. The Labute approximate surface area is 207 Å². The zero-order valence-corrected chi connectivity index (χ0v) is 21.1. The summed E-state index contributed by atoms with van der Waals surface area (Å²) in [4.78, 5) is 30.4. The third kappa shape index (κ3) is 4.45. The molecule has 1 N–H and O–H groups in total. The minimum atomic E-state index is -1.17. The molecule has 1 heterocycles. The molecule has 1 aliphatic heterocycles. The minimum absolute atomic E-state index is 0.137. The lowest BCUT2D eigenvalue weighted by molar-refractivity contribution is -0.156. The van der Waals surface area contributed by atoms with E-state index in [2.05, 4.69) is 18.7 Å². The van der Waals surface area contributed by atoms with Gasteiger partial charge >= 0.3 is 5.97 Å². The quantitative estimate of drug-likeness (QED) is 0.467. The predicted molar refractivity (Wildman–Crippen MR) is 139 cm³/mol. The molecule has 0 spiro atoms. The van der Waals surface area contributed by atoms with Crippen LogP contribution >= 0.6 is 0 Å². The molecule has 3 aromatic carbocycles. The average Bonchev–Trinajstić information content (AvgIpc) is 2.98. The van der Waals surface area contributed by atoms with E-state index in [0.717, 1.165) is 35.1 Å². The number of ether oxygens (including phenoxy) is 1. The van der Waals surface area contributed by atoms with Gasteiger partial charge in [-0.05, 0) is 49.1 Å². The van der Waals surface area contributed by atoms with Gasteiger partial charge in [0.05, 0.1) is 6.04 Å². The Hall–Kier alpha value is -3.54. The molecule has 0 saturated heterocycles. The Balaban J connectivity index is 1.90. The lowest BCUT2D eigenvalue weighted by Gasteiger charge is -2.35. The van der Waals surface area contributed by atoms with Crippen LogP contribution in [0.25, 0.3) is 10.8 Å². The van der Waals surface area contributed by atoms with Crippen LogP contribution in [0.15, 0.2) is 60.7 Å². The van der Waals surface area contributed by atoms with Crippen molar-refractivity contribution < 1.29 is 19.4 Å². The Morgan fingerprint density at radius 2 is 1.71 bits per heavy atom. The Morgan fingerprint density at radius 1 is 1.03 bits per heavy atom. The van der Waals surface area contributed by atoms with E-state index in [9.17, 15) is 14.7 Å². The summed E-state index contributed by atoms with van der Waals surface area (Å²) in [6.45, 7) is 11.5. The molecule has 0 bridgehead atoms. The number of aliphatic carboxylic acids is 1. The fourth-order valence-electron chi connectivity index (χ4n) is 5.10. The summed E-state index contributed by atoms with van der Waals surface area (Å²) in [5.74, 6) is -1.06. The van der Waals surface area contributed by atoms with Crippen LogP contribution in [0.2, 0.25) is 0 Å². The highest BCUT2D eigenvalue weighted by Crippen LogP contribution is 2.42. The fraction of sp³-hybridized carbons (Fsp3) is 0.379. The van der Waals surface area contributed by atoms with Crippen LogP contribution in [0, 0.1) is 5.92 Å². The van der Waals surface area contributed by atoms with Gasteiger partial charge < -0.3 is 19.6 Å². The maximum absolute atomic E-state index is 14.0. The minimum Gasteiger partial charge on any atom is -0.480 e. The normalized spacial score (nSPS) is 18.7. The number of carboxylic acid groups (broad SMARTS) is 1. The van der Waals surface area contributed by atoms with Crippen molar-refractivity contribution in [2.45, 2.75) is 52.8 Å². The predicted octanol–water partition coefficient (Wildman–Crippen LogP) is 5.82. The number of fused-ring (bicyclic) bond motifs is 2. The monoisotopic (exact) mass is 474 g/mol. The SMILES string of the molecule is CCN(CC)c1ccc2c(c1)OC(C(C)C)C(=O)N(C(C)c1cccc3ccccc13)C2C(=O)O. The first-order valence-corrected chi connectivity index (χ1v) is 12.4. The standard InChI is InChI=1S/C29H34N2O4/c1-6-30(7-2)21-15-16-24-25(17-21)35-27(18(3)4)28(32)31(26(24)29(33)34)19(5)22-14-10-12-20-11-8-9-13-23(20)22/h8-19,26-27H,6-7H2,1-5H3,(H,33,34). The summed E-state index contributed by atoms with van der Waals surface area (Å²) in [5.41, 5.74) is 2.36. The molecule has 6 nitrogen and oxygen atoms in total. The first kappa shape index (κ1) is 24.6. The summed E-state index contributed by atoms with van der Waals surface area (Å²) in [7, 11) is 0. The number of carboxylic acids is 1. The van der Waals surface area contributed by atoms with E-state index in [1.54, 1.807) is 6.07 Å². The largest absolute Gasteiger partial charge is 0.480 e. The van der Waals surface area contributed by atoms with E-state index >= 15 is 0 Å². The van der Waals surface area contributed by atoms with Crippen LogP contribution in [0.5, 0.6) is 5.75 Å². The molecule has 0 radical (unpaired) electrons. The molecule has 1 amide bonds. The van der Waals surface area contributed by atoms with E-state index in [4.69, 9.17) is 4.74 Å². The number of nitrogens with zero attached hydrogens (tertiary/aromatic N) is 2. The van der Waals surface area contributed by atoms with Gasteiger partial charge in [-0.2, -0.15) is 0 Å². The second kappa shape index (κ2) is 9.98. The number of carbonyl (C=O) groups excluding carboxylic acids is 1. The highest BCUT2D eigenvalue weighted by molar-refractivity contribution is 5.91. The summed E-state index contributed by atoms with van der Waals surface area (Å²) >= 11 is 0. The lowest BCUT2D eigenvalue weighted by atomic mass is 9.94. The second-order valence-corrected chi connectivity index (χ2v) is 9.41. The fourth-order valence-corrected chi connectivity index (χ4v) is 5.10. The number of carbonyl (C=O) groups is 2. The van der Waals surface area contributed by atoms with Crippen LogP contribution in [0.1, 0.15) is 57.8 Å². The molecule has 35 heavy (non-hydrogen) atoms. The Bertz CT molecular complexity index is 1230. The van der Waals surface area contributed by atoms with Gasteiger partial charge in [0.15, 0.2) is 12.1 Å². The average molecular weight is 475 g/mol. The van der Waals surface area contributed by atoms with E-state index < -0.39 is 24.2 Å². The molecular weight excluding hydrogens is 440 g/mol. The number of hydrogen-bond acceptors (Lipinski definition) is 4. The summed E-state index contributed by atoms with van der Waals surface area (Å²) in [6, 6.07) is 17.9. The van der Waals surface area contributed by atoms with Crippen LogP contribution in [0.3, 0.4) is 0 Å². The molecule has 184 valence electrons. The summed E-state index contributed by atoms with van der Waals surface area (Å²) < 4.78 is 6.31. The molecular formula is C29H34N2O4. The van der Waals surface area contributed by atoms with Crippen LogP contribution in [-0.4, -0.2) is 41.1 Å². The van der Waals surface area contributed by atoms with E-state index in [1.807, 2.05) is 75.4 Å². The van der Waals surface area contributed by atoms with Gasteiger partial charge in [0, 0.05) is 30.4 Å². The van der Waals surface area contributed by atoms with Crippen molar-refractivity contribution in [1.82, 2.24) is 4.90 Å². The Morgan fingerprint density at radius 3 is 2.37 bits per heavy atom. The number of benzene rings is 3.